The topological polar surface area (TPSA) is 80.7 Å². The summed E-state index contributed by atoms with van der Waals surface area (Å²) in [5.41, 5.74) is 0. The molecule has 0 aromatic carbocycles. The Balaban J connectivity index is 3.63. The molecule has 5 nitrogen and oxygen atoms in total. The molecule has 5 heteroatoms. The number of rotatable bonds is 7. The molecule has 1 N–H and O–H groups in total. The van der Waals surface area contributed by atoms with E-state index in [2.05, 4.69) is 4.74 Å². The summed E-state index contributed by atoms with van der Waals surface area (Å²) in [4.78, 5) is 32.5. The standard InChI is InChI=1S/C9H14O5/c1-14-9(13)6-8(12)3-2-7(11)4-5-10/h10H,2-6H2,1H3. The zero-order valence-electron chi connectivity index (χ0n) is 8.12. The third kappa shape index (κ3) is 6.30. The van der Waals surface area contributed by atoms with Gasteiger partial charge in [-0.3, -0.25) is 14.4 Å². The SMILES string of the molecule is COC(=O)CC(=O)CCC(=O)CCO. The molecule has 80 valence electrons. The molecule has 0 aliphatic heterocycles. The van der Waals surface area contributed by atoms with Gasteiger partial charge in [-0.1, -0.05) is 0 Å². The smallest absolute Gasteiger partial charge is 0.313 e. The van der Waals surface area contributed by atoms with Crippen LogP contribution in [-0.2, 0) is 19.1 Å². The number of carbonyl (C=O) groups is 3. The molecule has 0 amide bonds. The summed E-state index contributed by atoms with van der Waals surface area (Å²) in [6.45, 7) is -0.204. The van der Waals surface area contributed by atoms with Crippen molar-refractivity contribution in [1.82, 2.24) is 0 Å². The zero-order valence-corrected chi connectivity index (χ0v) is 8.12. The third-order valence-electron chi connectivity index (χ3n) is 1.64. The van der Waals surface area contributed by atoms with E-state index in [0.717, 1.165) is 0 Å². The predicted molar refractivity (Wildman–Crippen MR) is 47.6 cm³/mol. The summed E-state index contributed by atoms with van der Waals surface area (Å²) in [5, 5.41) is 8.41. The van der Waals surface area contributed by atoms with Crippen molar-refractivity contribution in [3.63, 3.8) is 0 Å². The largest absolute Gasteiger partial charge is 0.469 e. The molecule has 0 rings (SSSR count). The highest BCUT2D eigenvalue weighted by atomic mass is 16.5. The van der Waals surface area contributed by atoms with E-state index in [0.29, 0.717) is 0 Å². The summed E-state index contributed by atoms with van der Waals surface area (Å²) >= 11 is 0. The lowest BCUT2D eigenvalue weighted by Gasteiger charge is -1.99. The monoisotopic (exact) mass is 202 g/mol. The van der Waals surface area contributed by atoms with Crippen LogP contribution >= 0.6 is 0 Å². The maximum Gasteiger partial charge on any atom is 0.313 e. The summed E-state index contributed by atoms with van der Waals surface area (Å²) in [5.74, 6) is -1.08. The van der Waals surface area contributed by atoms with Gasteiger partial charge < -0.3 is 9.84 Å². The maximum absolute atomic E-state index is 11.0. The number of carbonyl (C=O) groups excluding carboxylic acids is 3. The van der Waals surface area contributed by atoms with Crippen LogP contribution in [0.1, 0.15) is 25.7 Å². The molecule has 0 bridgehead atoms. The summed E-state index contributed by atoms with van der Waals surface area (Å²) in [6.07, 6.45) is -0.112. The van der Waals surface area contributed by atoms with Crippen LogP contribution in [0.5, 0.6) is 0 Å². The number of ether oxygens (including phenoxy) is 1. The van der Waals surface area contributed by atoms with Crippen molar-refractivity contribution in [3.8, 4) is 0 Å². The van der Waals surface area contributed by atoms with E-state index in [1.807, 2.05) is 0 Å². The Kier molecular flexibility index (Phi) is 6.57. The van der Waals surface area contributed by atoms with Gasteiger partial charge in [0.05, 0.1) is 7.11 Å². The number of methoxy groups -OCH3 is 1. The Labute approximate surface area is 82.1 Å². The number of hydrogen-bond acceptors (Lipinski definition) is 5. The van der Waals surface area contributed by atoms with Crippen molar-refractivity contribution in [2.45, 2.75) is 25.7 Å². The van der Waals surface area contributed by atoms with Gasteiger partial charge in [0.2, 0.25) is 0 Å². The van der Waals surface area contributed by atoms with Gasteiger partial charge >= 0.3 is 5.97 Å². The zero-order chi connectivity index (χ0) is 11.0. The average molecular weight is 202 g/mol. The first-order valence-electron chi connectivity index (χ1n) is 4.31. The molecule has 0 saturated heterocycles. The van der Waals surface area contributed by atoms with Crippen LogP contribution < -0.4 is 0 Å². The number of Topliss-reactive ketones (excluding diaryl/α,β-unsaturated/α-hetero) is 2. The summed E-state index contributed by atoms with van der Waals surface area (Å²) < 4.78 is 4.29. The summed E-state index contributed by atoms with van der Waals surface area (Å²) in [6, 6.07) is 0. The Bertz CT molecular complexity index is 221. The molecule has 0 aliphatic carbocycles. The van der Waals surface area contributed by atoms with Crippen molar-refractivity contribution < 1.29 is 24.2 Å². The minimum absolute atomic E-state index is 0.0356. The molecule has 0 radical (unpaired) electrons. The molecular formula is C9H14O5. The van der Waals surface area contributed by atoms with Gasteiger partial charge in [0.15, 0.2) is 0 Å². The van der Waals surface area contributed by atoms with E-state index in [-0.39, 0.29) is 43.9 Å². The Morgan fingerprint density at radius 2 is 1.64 bits per heavy atom. The first kappa shape index (κ1) is 12.8. The van der Waals surface area contributed by atoms with Crippen molar-refractivity contribution >= 4 is 17.5 Å². The van der Waals surface area contributed by atoms with E-state index >= 15 is 0 Å². The number of aliphatic hydroxyl groups is 1. The van der Waals surface area contributed by atoms with E-state index in [1.54, 1.807) is 0 Å². The second kappa shape index (κ2) is 7.20. The van der Waals surface area contributed by atoms with Crippen molar-refractivity contribution in [3.05, 3.63) is 0 Å². The molecular weight excluding hydrogens is 188 g/mol. The van der Waals surface area contributed by atoms with Crippen molar-refractivity contribution in [2.75, 3.05) is 13.7 Å². The minimum Gasteiger partial charge on any atom is -0.469 e. The van der Waals surface area contributed by atoms with Gasteiger partial charge in [0.25, 0.3) is 0 Å². The van der Waals surface area contributed by atoms with Gasteiger partial charge in [-0.15, -0.1) is 0 Å². The highest BCUT2D eigenvalue weighted by Gasteiger charge is 2.11. The lowest BCUT2D eigenvalue weighted by Crippen LogP contribution is -2.11. The first-order valence-corrected chi connectivity index (χ1v) is 4.31. The van der Waals surface area contributed by atoms with Crippen LogP contribution in [-0.4, -0.2) is 36.4 Å². The van der Waals surface area contributed by atoms with Crippen LogP contribution in [0.4, 0.5) is 0 Å². The van der Waals surface area contributed by atoms with Crippen LogP contribution in [0.25, 0.3) is 0 Å². The molecule has 0 heterocycles. The fourth-order valence-corrected chi connectivity index (χ4v) is 0.850. The molecule has 0 saturated carbocycles. The number of ketones is 2. The lowest BCUT2D eigenvalue weighted by atomic mass is 10.1. The third-order valence-corrected chi connectivity index (χ3v) is 1.64. The minimum atomic E-state index is -0.593. The first-order chi connectivity index (χ1) is 6.60. The van der Waals surface area contributed by atoms with Gasteiger partial charge in [0.1, 0.15) is 18.0 Å². The van der Waals surface area contributed by atoms with Crippen LogP contribution in [0.15, 0.2) is 0 Å². The Hall–Kier alpha value is -1.23. The fourth-order valence-electron chi connectivity index (χ4n) is 0.850. The number of aliphatic hydroxyl groups excluding tert-OH is 1. The second-order valence-electron chi connectivity index (χ2n) is 2.80. The molecule has 14 heavy (non-hydrogen) atoms. The average Bonchev–Trinajstić information content (AvgIpc) is 2.15. The summed E-state index contributed by atoms with van der Waals surface area (Å²) in [7, 11) is 1.20. The molecule has 0 aromatic rings. The quantitative estimate of drug-likeness (QED) is 0.458. The fraction of sp³-hybridized carbons (Fsp3) is 0.667. The highest BCUT2D eigenvalue weighted by Crippen LogP contribution is 1.99. The number of hydrogen-bond donors (Lipinski definition) is 1. The van der Waals surface area contributed by atoms with Gasteiger partial charge in [0, 0.05) is 25.9 Å². The van der Waals surface area contributed by atoms with E-state index in [9.17, 15) is 14.4 Å². The van der Waals surface area contributed by atoms with E-state index < -0.39 is 5.97 Å². The van der Waals surface area contributed by atoms with Crippen LogP contribution in [0.2, 0.25) is 0 Å². The van der Waals surface area contributed by atoms with Gasteiger partial charge in [-0.25, -0.2) is 0 Å². The van der Waals surface area contributed by atoms with Crippen LogP contribution in [0.3, 0.4) is 0 Å². The van der Waals surface area contributed by atoms with Crippen molar-refractivity contribution in [2.24, 2.45) is 0 Å². The van der Waals surface area contributed by atoms with E-state index in [4.69, 9.17) is 5.11 Å². The number of esters is 1. The van der Waals surface area contributed by atoms with Gasteiger partial charge in [-0.2, -0.15) is 0 Å². The second-order valence-corrected chi connectivity index (χ2v) is 2.80. The molecule has 0 spiro atoms. The highest BCUT2D eigenvalue weighted by molar-refractivity contribution is 5.97. The normalized spacial score (nSPS) is 9.57. The molecule has 0 unspecified atom stereocenters. The lowest BCUT2D eigenvalue weighted by molar-refractivity contribution is -0.143. The molecule has 0 aliphatic rings. The Morgan fingerprint density at radius 1 is 1.07 bits per heavy atom. The van der Waals surface area contributed by atoms with Crippen LogP contribution in [0, 0.1) is 0 Å². The molecule has 0 atom stereocenters. The Morgan fingerprint density at radius 3 is 2.14 bits per heavy atom. The molecule has 0 aromatic heterocycles. The molecule has 0 fully saturated rings. The van der Waals surface area contributed by atoms with E-state index in [1.165, 1.54) is 7.11 Å². The predicted octanol–water partition coefficient (Wildman–Crippen LogP) is -0.150. The van der Waals surface area contributed by atoms with Crippen molar-refractivity contribution in [1.29, 1.82) is 0 Å². The van der Waals surface area contributed by atoms with Gasteiger partial charge in [-0.05, 0) is 0 Å². The maximum atomic E-state index is 11.0.